The molecule has 0 radical (unpaired) electrons. The first kappa shape index (κ1) is 18.4. The maximum Gasteiger partial charge on any atom is 0.339 e. The molecular formula is C20H21N3O4. The van der Waals surface area contributed by atoms with Gasteiger partial charge in [-0.2, -0.15) is 0 Å². The standard InChI is InChI=1S/C20H21N3O4/c1-12(2)21-20(26)23-15-8-5-7-14(11-15)22-18(24)17-10-13-6-3-4-9-16(13)19(25)27-17/h3-9,11-12,17H,10H2,1-2H3,(H,22,24)(H2,21,23,26)/t17-/m0/s1. The molecule has 0 unspecified atom stereocenters. The molecule has 0 aromatic heterocycles. The molecule has 1 aliphatic rings. The van der Waals surface area contributed by atoms with Crippen LogP contribution in [-0.4, -0.2) is 30.1 Å². The number of esters is 1. The van der Waals surface area contributed by atoms with E-state index in [1.165, 1.54) is 0 Å². The highest BCUT2D eigenvalue weighted by Gasteiger charge is 2.31. The average molecular weight is 367 g/mol. The van der Waals surface area contributed by atoms with Gasteiger partial charge < -0.3 is 20.7 Å². The van der Waals surface area contributed by atoms with Crippen LogP contribution in [0.1, 0.15) is 29.8 Å². The molecule has 2 aromatic carbocycles. The summed E-state index contributed by atoms with van der Waals surface area (Å²) in [5.41, 5.74) is 2.31. The summed E-state index contributed by atoms with van der Waals surface area (Å²) >= 11 is 0. The summed E-state index contributed by atoms with van der Waals surface area (Å²) in [5, 5.41) is 8.15. The molecular weight excluding hydrogens is 346 g/mol. The van der Waals surface area contributed by atoms with Gasteiger partial charge in [-0.25, -0.2) is 9.59 Å². The molecule has 0 saturated carbocycles. The second-order valence-corrected chi connectivity index (χ2v) is 6.58. The first-order valence-corrected chi connectivity index (χ1v) is 8.69. The lowest BCUT2D eigenvalue weighted by Crippen LogP contribution is -2.38. The zero-order valence-electron chi connectivity index (χ0n) is 15.1. The van der Waals surface area contributed by atoms with Gasteiger partial charge in [0.25, 0.3) is 5.91 Å². The average Bonchev–Trinajstić information content (AvgIpc) is 2.61. The number of nitrogens with one attached hydrogen (secondary N) is 3. The normalized spacial score (nSPS) is 15.5. The maximum atomic E-state index is 12.5. The van der Waals surface area contributed by atoms with Crippen LogP contribution in [0.4, 0.5) is 16.2 Å². The number of amides is 3. The molecule has 0 aliphatic carbocycles. The van der Waals surface area contributed by atoms with Crippen LogP contribution in [0.5, 0.6) is 0 Å². The number of hydrogen-bond acceptors (Lipinski definition) is 4. The van der Waals surface area contributed by atoms with Crippen molar-refractivity contribution >= 4 is 29.3 Å². The predicted molar refractivity (Wildman–Crippen MR) is 102 cm³/mol. The number of rotatable bonds is 4. The number of ether oxygens (including phenoxy) is 1. The van der Waals surface area contributed by atoms with E-state index in [0.29, 0.717) is 23.4 Å². The van der Waals surface area contributed by atoms with Crippen LogP contribution in [0.2, 0.25) is 0 Å². The van der Waals surface area contributed by atoms with E-state index in [9.17, 15) is 14.4 Å². The molecule has 0 bridgehead atoms. The maximum absolute atomic E-state index is 12.5. The molecule has 3 amide bonds. The highest BCUT2D eigenvalue weighted by Crippen LogP contribution is 2.22. The van der Waals surface area contributed by atoms with E-state index in [0.717, 1.165) is 5.56 Å². The minimum absolute atomic E-state index is 0.0109. The highest BCUT2D eigenvalue weighted by atomic mass is 16.5. The predicted octanol–water partition coefficient (Wildman–Crippen LogP) is 2.94. The monoisotopic (exact) mass is 367 g/mol. The summed E-state index contributed by atoms with van der Waals surface area (Å²) < 4.78 is 5.25. The Morgan fingerprint density at radius 3 is 2.48 bits per heavy atom. The third-order valence-electron chi connectivity index (χ3n) is 3.99. The van der Waals surface area contributed by atoms with E-state index in [1.807, 2.05) is 26.0 Å². The summed E-state index contributed by atoms with van der Waals surface area (Å²) in [6.07, 6.45) is -0.573. The molecule has 0 fully saturated rings. The van der Waals surface area contributed by atoms with Gasteiger partial charge in [0.05, 0.1) is 5.56 Å². The number of hydrogen-bond donors (Lipinski definition) is 3. The Balaban J connectivity index is 1.66. The van der Waals surface area contributed by atoms with Gasteiger partial charge in [-0.1, -0.05) is 24.3 Å². The minimum Gasteiger partial charge on any atom is -0.448 e. The summed E-state index contributed by atoms with van der Waals surface area (Å²) in [7, 11) is 0. The van der Waals surface area contributed by atoms with Gasteiger partial charge in [-0.05, 0) is 43.7 Å². The molecule has 7 heteroatoms. The number of fused-ring (bicyclic) bond motifs is 1. The van der Waals surface area contributed by atoms with Crippen molar-refractivity contribution in [1.29, 1.82) is 0 Å². The van der Waals surface area contributed by atoms with Crippen LogP contribution >= 0.6 is 0 Å². The number of carbonyl (C=O) groups is 3. The van der Waals surface area contributed by atoms with Crippen molar-refractivity contribution in [2.75, 3.05) is 10.6 Å². The Bertz CT molecular complexity index is 879. The van der Waals surface area contributed by atoms with Crippen molar-refractivity contribution in [1.82, 2.24) is 5.32 Å². The second kappa shape index (κ2) is 7.90. The molecule has 3 N–H and O–H groups in total. The van der Waals surface area contributed by atoms with E-state index in [1.54, 1.807) is 36.4 Å². The van der Waals surface area contributed by atoms with Gasteiger partial charge in [0.2, 0.25) is 0 Å². The van der Waals surface area contributed by atoms with E-state index in [-0.39, 0.29) is 12.1 Å². The SMILES string of the molecule is CC(C)NC(=O)Nc1cccc(NC(=O)[C@@H]2Cc3ccccc3C(=O)O2)c1. The van der Waals surface area contributed by atoms with Gasteiger partial charge in [0.15, 0.2) is 6.10 Å². The van der Waals surface area contributed by atoms with Crippen molar-refractivity contribution in [2.45, 2.75) is 32.4 Å². The molecule has 27 heavy (non-hydrogen) atoms. The van der Waals surface area contributed by atoms with Crippen molar-refractivity contribution in [3.63, 3.8) is 0 Å². The van der Waals surface area contributed by atoms with Crippen molar-refractivity contribution in [3.8, 4) is 0 Å². The van der Waals surface area contributed by atoms with Crippen LogP contribution in [-0.2, 0) is 16.0 Å². The topological polar surface area (TPSA) is 96.5 Å². The number of benzene rings is 2. The van der Waals surface area contributed by atoms with Crippen LogP contribution < -0.4 is 16.0 Å². The first-order chi connectivity index (χ1) is 12.9. The fraction of sp³-hybridized carbons (Fsp3) is 0.250. The fourth-order valence-electron chi connectivity index (χ4n) is 2.80. The lowest BCUT2D eigenvalue weighted by atomic mass is 9.98. The van der Waals surface area contributed by atoms with Crippen LogP contribution in [0, 0.1) is 0 Å². The summed E-state index contributed by atoms with van der Waals surface area (Å²) in [6.45, 7) is 3.72. The van der Waals surface area contributed by atoms with Crippen molar-refractivity contribution in [2.24, 2.45) is 0 Å². The Morgan fingerprint density at radius 2 is 1.74 bits per heavy atom. The molecule has 1 atom stereocenters. The fourth-order valence-corrected chi connectivity index (χ4v) is 2.80. The quantitative estimate of drug-likeness (QED) is 0.724. The van der Waals surface area contributed by atoms with Crippen molar-refractivity contribution in [3.05, 3.63) is 59.7 Å². The van der Waals surface area contributed by atoms with E-state index >= 15 is 0 Å². The Kier molecular flexibility index (Phi) is 5.40. The third kappa shape index (κ3) is 4.63. The molecule has 0 spiro atoms. The molecule has 140 valence electrons. The number of carbonyl (C=O) groups excluding carboxylic acids is 3. The lowest BCUT2D eigenvalue weighted by Gasteiger charge is -2.23. The molecule has 1 aliphatic heterocycles. The second-order valence-electron chi connectivity index (χ2n) is 6.58. The zero-order valence-corrected chi connectivity index (χ0v) is 15.1. The van der Waals surface area contributed by atoms with Gasteiger partial charge in [0, 0.05) is 23.8 Å². The summed E-state index contributed by atoms with van der Waals surface area (Å²) in [6, 6.07) is 13.5. The third-order valence-corrected chi connectivity index (χ3v) is 3.99. The van der Waals surface area contributed by atoms with Crippen LogP contribution in [0.3, 0.4) is 0 Å². The van der Waals surface area contributed by atoms with E-state index in [4.69, 9.17) is 4.74 Å². The lowest BCUT2D eigenvalue weighted by molar-refractivity contribution is -0.125. The Morgan fingerprint density at radius 1 is 1.04 bits per heavy atom. The highest BCUT2D eigenvalue weighted by molar-refractivity contribution is 6.00. The Hall–Kier alpha value is -3.35. The Labute approximate surface area is 157 Å². The summed E-state index contributed by atoms with van der Waals surface area (Å²) in [4.78, 5) is 36.4. The van der Waals surface area contributed by atoms with Crippen molar-refractivity contribution < 1.29 is 19.1 Å². The molecule has 1 heterocycles. The number of urea groups is 1. The first-order valence-electron chi connectivity index (χ1n) is 8.69. The zero-order chi connectivity index (χ0) is 19.4. The van der Waals surface area contributed by atoms with Gasteiger partial charge >= 0.3 is 12.0 Å². The van der Waals surface area contributed by atoms with Gasteiger partial charge in [-0.3, -0.25) is 4.79 Å². The molecule has 7 nitrogen and oxygen atoms in total. The van der Waals surface area contributed by atoms with Crippen LogP contribution in [0.25, 0.3) is 0 Å². The number of cyclic esters (lactones) is 1. The molecule has 0 saturated heterocycles. The minimum atomic E-state index is -0.895. The van der Waals surface area contributed by atoms with Gasteiger partial charge in [-0.15, -0.1) is 0 Å². The molecule has 3 rings (SSSR count). The smallest absolute Gasteiger partial charge is 0.339 e. The number of anilines is 2. The summed E-state index contributed by atoms with van der Waals surface area (Å²) in [5.74, 6) is -0.917. The van der Waals surface area contributed by atoms with E-state index in [2.05, 4.69) is 16.0 Å². The van der Waals surface area contributed by atoms with E-state index < -0.39 is 18.0 Å². The van der Waals surface area contributed by atoms with Gasteiger partial charge in [0.1, 0.15) is 0 Å². The molecule has 2 aromatic rings. The van der Waals surface area contributed by atoms with Crippen LogP contribution in [0.15, 0.2) is 48.5 Å². The largest absolute Gasteiger partial charge is 0.448 e.